The van der Waals surface area contributed by atoms with Gasteiger partial charge in [-0.2, -0.15) is 0 Å². The minimum atomic E-state index is 0.551. The van der Waals surface area contributed by atoms with Gasteiger partial charge < -0.3 is 8.83 Å². The zero-order chi connectivity index (χ0) is 28.8. The third-order valence-electron chi connectivity index (χ3n) is 8.87. The molecule has 3 heterocycles. The number of fused-ring (bicyclic) bond motifs is 12. The summed E-state index contributed by atoms with van der Waals surface area (Å²) in [4.78, 5) is 10.3. The molecule has 0 unspecified atom stereocenters. The lowest BCUT2D eigenvalue weighted by atomic mass is 9.97. The molecule has 0 saturated heterocycles. The fourth-order valence-electron chi connectivity index (χ4n) is 6.82. The van der Waals surface area contributed by atoms with E-state index < -0.39 is 0 Å². The summed E-state index contributed by atoms with van der Waals surface area (Å²) < 4.78 is 12.6. The molecule has 0 aliphatic heterocycles. The van der Waals surface area contributed by atoms with E-state index >= 15 is 0 Å². The molecule has 10 aromatic rings. The normalized spacial score (nSPS) is 12.1. The topological polar surface area (TPSA) is 52.1 Å². The van der Waals surface area contributed by atoms with Crippen molar-refractivity contribution in [3.05, 3.63) is 133 Å². The third-order valence-corrected chi connectivity index (χ3v) is 8.87. The summed E-state index contributed by atoms with van der Waals surface area (Å²) in [5, 5.41) is 7.72. The average molecular weight is 563 g/mol. The summed E-state index contributed by atoms with van der Waals surface area (Å²) in [5.74, 6) is 0. The first-order valence-electron chi connectivity index (χ1n) is 14.7. The van der Waals surface area contributed by atoms with Crippen LogP contribution in [0.1, 0.15) is 0 Å². The van der Waals surface area contributed by atoms with E-state index in [2.05, 4.69) is 115 Å². The van der Waals surface area contributed by atoms with Crippen molar-refractivity contribution in [2.45, 2.75) is 0 Å². The van der Waals surface area contributed by atoms with E-state index in [-0.39, 0.29) is 0 Å². The summed E-state index contributed by atoms with van der Waals surface area (Å²) in [5.41, 5.74) is 10.0. The summed E-state index contributed by atoms with van der Waals surface area (Å²) >= 11 is 0. The minimum absolute atomic E-state index is 0.551. The Morgan fingerprint density at radius 1 is 0.364 bits per heavy atom. The average Bonchev–Trinajstić information content (AvgIpc) is 3.65. The molecule has 0 aliphatic rings. The lowest BCUT2D eigenvalue weighted by molar-refractivity contribution is 0.655. The van der Waals surface area contributed by atoms with Gasteiger partial charge in [0.2, 0.25) is 5.71 Å². The van der Waals surface area contributed by atoms with Gasteiger partial charge in [0.25, 0.3) is 0 Å². The van der Waals surface area contributed by atoms with E-state index in [0.717, 1.165) is 82.5 Å². The Morgan fingerprint density at radius 3 is 1.80 bits per heavy atom. The maximum atomic E-state index is 6.34. The van der Waals surface area contributed by atoms with Gasteiger partial charge in [-0.15, -0.1) is 0 Å². The van der Waals surface area contributed by atoms with E-state index in [1.807, 2.05) is 18.2 Å². The molecule has 10 rings (SSSR count). The highest BCUT2D eigenvalue weighted by molar-refractivity contribution is 6.24. The molecular formula is C40H22N2O2. The molecule has 0 aliphatic carbocycles. The van der Waals surface area contributed by atoms with E-state index in [4.69, 9.17) is 18.8 Å². The Hall–Kier alpha value is -6.00. The van der Waals surface area contributed by atoms with Crippen molar-refractivity contribution >= 4 is 76.7 Å². The number of benzene rings is 7. The molecule has 0 amide bonds. The number of para-hydroxylation sites is 2. The molecule has 204 valence electrons. The maximum absolute atomic E-state index is 6.34. The van der Waals surface area contributed by atoms with Crippen molar-refractivity contribution in [2.75, 3.05) is 0 Å². The zero-order valence-electron chi connectivity index (χ0n) is 23.4. The van der Waals surface area contributed by atoms with Gasteiger partial charge in [0.05, 0.1) is 5.52 Å². The first-order valence-corrected chi connectivity index (χ1v) is 14.7. The van der Waals surface area contributed by atoms with Crippen LogP contribution in [0.5, 0.6) is 0 Å². The molecule has 4 heteroatoms. The fourth-order valence-corrected chi connectivity index (χ4v) is 6.82. The van der Waals surface area contributed by atoms with Gasteiger partial charge in [0, 0.05) is 32.5 Å². The van der Waals surface area contributed by atoms with Gasteiger partial charge in [-0.25, -0.2) is 9.97 Å². The highest BCUT2D eigenvalue weighted by Crippen LogP contribution is 2.39. The number of hydrogen-bond donors (Lipinski definition) is 0. The second-order valence-corrected chi connectivity index (χ2v) is 11.3. The van der Waals surface area contributed by atoms with Gasteiger partial charge >= 0.3 is 0 Å². The number of furan rings is 2. The van der Waals surface area contributed by atoms with Crippen LogP contribution < -0.4 is 0 Å². The van der Waals surface area contributed by atoms with Crippen molar-refractivity contribution in [2.24, 2.45) is 0 Å². The quantitative estimate of drug-likeness (QED) is 0.197. The summed E-state index contributed by atoms with van der Waals surface area (Å²) in [6.45, 7) is 0. The van der Waals surface area contributed by atoms with Crippen LogP contribution in [0.3, 0.4) is 0 Å². The highest BCUT2D eigenvalue weighted by Gasteiger charge is 2.17. The molecule has 0 bridgehead atoms. The van der Waals surface area contributed by atoms with Crippen LogP contribution in [0.15, 0.2) is 142 Å². The van der Waals surface area contributed by atoms with Crippen molar-refractivity contribution in [1.29, 1.82) is 0 Å². The molecule has 0 radical (unpaired) electrons. The number of hydrogen-bond acceptors (Lipinski definition) is 4. The van der Waals surface area contributed by atoms with Gasteiger partial charge in [0.1, 0.15) is 27.8 Å². The first-order chi connectivity index (χ1) is 21.8. The lowest BCUT2D eigenvalue weighted by Gasteiger charge is -2.08. The van der Waals surface area contributed by atoms with Crippen LogP contribution in [0.25, 0.3) is 99.0 Å². The Bertz CT molecular complexity index is 2790. The van der Waals surface area contributed by atoms with Crippen LogP contribution >= 0.6 is 0 Å². The fraction of sp³-hybridized carbons (Fsp3) is 0. The van der Waals surface area contributed by atoms with Crippen LogP contribution in [0, 0.1) is 0 Å². The highest BCUT2D eigenvalue weighted by atomic mass is 16.3. The van der Waals surface area contributed by atoms with Crippen LogP contribution in [0.2, 0.25) is 0 Å². The molecule has 0 N–H and O–H groups in total. The molecule has 7 aromatic carbocycles. The molecule has 0 atom stereocenters. The van der Waals surface area contributed by atoms with Crippen LogP contribution in [-0.4, -0.2) is 9.97 Å². The van der Waals surface area contributed by atoms with Gasteiger partial charge in [-0.1, -0.05) is 109 Å². The molecule has 4 nitrogen and oxygen atoms in total. The minimum Gasteiger partial charge on any atom is -0.455 e. The second-order valence-electron chi connectivity index (χ2n) is 11.3. The molecule has 0 fully saturated rings. The summed E-state index contributed by atoms with van der Waals surface area (Å²) in [6, 6.07) is 46.3. The van der Waals surface area contributed by atoms with E-state index in [9.17, 15) is 0 Å². The lowest BCUT2D eigenvalue weighted by Crippen LogP contribution is -1.89. The Morgan fingerprint density at radius 2 is 0.977 bits per heavy atom. The Labute approximate surface area is 250 Å². The summed E-state index contributed by atoms with van der Waals surface area (Å²) in [7, 11) is 0. The molecule has 0 saturated carbocycles. The van der Waals surface area contributed by atoms with E-state index in [1.54, 1.807) is 0 Å². The Balaban J connectivity index is 1.17. The monoisotopic (exact) mass is 562 g/mol. The van der Waals surface area contributed by atoms with Crippen molar-refractivity contribution in [3.63, 3.8) is 0 Å². The zero-order valence-corrected chi connectivity index (χ0v) is 23.4. The first kappa shape index (κ1) is 23.6. The predicted octanol–water partition coefficient (Wildman–Crippen LogP) is 11.1. The Kier molecular flexibility index (Phi) is 4.69. The van der Waals surface area contributed by atoms with Gasteiger partial charge in [-0.3, -0.25) is 0 Å². The molecule has 0 spiro atoms. The number of nitrogens with zero attached hydrogens (tertiary/aromatic N) is 2. The largest absolute Gasteiger partial charge is 0.455 e. The van der Waals surface area contributed by atoms with Crippen LogP contribution in [-0.2, 0) is 0 Å². The SMILES string of the molecule is c1cc(-c2ccc3oc4nc5c6ccccc6c6ccccc6c5nc4c3c2)cc(-c2cccc3c2oc2ccccc23)c1. The van der Waals surface area contributed by atoms with E-state index in [0.29, 0.717) is 5.71 Å². The second kappa shape index (κ2) is 8.76. The molecule has 44 heavy (non-hydrogen) atoms. The smallest absolute Gasteiger partial charge is 0.246 e. The summed E-state index contributed by atoms with van der Waals surface area (Å²) in [6.07, 6.45) is 0. The molecule has 3 aromatic heterocycles. The standard InChI is InChI=1S/C40H22N2O2/c1-3-14-30-27(11-1)28-12-2-4-15-31(28)37-36(30)41-38-33-22-24(19-20-35(33)44-40(38)42-37)23-9-7-10-25(21-23)26-16-8-17-32-29-13-5-6-18-34(29)43-39(26)32/h1-22H. The van der Waals surface area contributed by atoms with Gasteiger partial charge in [0.15, 0.2) is 0 Å². The number of rotatable bonds is 2. The van der Waals surface area contributed by atoms with Crippen molar-refractivity contribution < 1.29 is 8.83 Å². The van der Waals surface area contributed by atoms with Gasteiger partial charge in [-0.05, 0) is 51.7 Å². The van der Waals surface area contributed by atoms with Crippen molar-refractivity contribution in [1.82, 2.24) is 9.97 Å². The van der Waals surface area contributed by atoms with Crippen LogP contribution in [0.4, 0.5) is 0 Å². The third kappa shape index (κ3) is 3.28. The van der Waals surface area contributed by atoms with Crippen molar-refractivity contribution in [3.8, 4) is 22.3 Å². The molecular weight excluding hydrogens is 540 g/mol. The number of aromatic nitrogens is 2. The maximum Gasteiger partial charge on any atom is 0.246 e. The van der Waals surface area contributed by atoms with E-state index in [1.165, 1.54) is 10.8 Å². The predicted molar refractivity (Wildman–Crippen MR) is 180 cm³/mol.